The summed E-state index contributed by atoms with van der Waals surface area (Å²) in [7, 11) is 1.68. The Morgan fingerprint density at radius 2 is 2.15 bits per heavy atom. The molecule has 1 aromatic heterocycles. The molecular formula is C14H20BrNO3S. The highest BCUT2D eigenvalue weighted by molar-refractivity contribution is 9.11. The highest BCUT2D eigenvalue weighted by Crippen LogP contribution is 2.25. The molecule has 1 amide bonds. The molecule has 20 heavy (non-hydrogen) atoms. The molecular weight excluding hydrogens is 342 g/mol. The predicted octanol–water partition coefficient (Wildman–Crippen LogP) is 3.03. The van der Waals surface area contributed by atoms with Crippen molar-refractivity contribution in [3.8, 4) is 0 Å². The number of hydrogen-bond acceptors (Lipinski definition) is 4. The van der Waals surface area contributed by atoms with Gasteiger partial charge in [-0.15, -0.1) is 11.3 Å². The molecule has 1 aromatic rings. The van der Waals surface area contributed by atoms with E-state index in [1.807, 2.05) is 17.0 Å². The van der Waals surface area contributed by atoms with E-state index in [1.165, 1.54) is 11.3 Å². The maximum Gasteiger partial charge on any atom is 0.263 e. The molecule has 0 atom stereocenters. The Balaban J connectivity index is 1.72. The van der Waals surface area contributed by atoms with E-state index in [4.69, 9.17) is 9.47 Å². The van der Waals surface area contributed by atoms with Gasteiger partial charge < -0.3 is 14.4 Å². The lowest BCUT2D eigenvalue weighted by molar-refractivity contribution is 0.0328. The summed E-state index contributed by atoms with van der Waals surface area (Å²) in [6.07, 6.45) is 2.04. The third-order valence-electron chi connectivity index (χ3n) is 3.47. The molecule has 112 valence electrons. The lowest BCUT2D eigenvalue weighted by Crippen LogP contribution is -2.39. The zero-order valence-electron chi connectivity index (χ0n) is 11.6. The average molecular weight is 362 g/mol. The predicted molar refractivity (Wildman–Crippen MR) is 83.3 cm³/mol. The first kappa shape index (κ1) is 15.9. The Hall–Kier alpha value is -0.430. The first-order chi connectivity index (χ1) is 9.70. The minimum atomic E-state index is 0.152. The number of carbonyl (C=O) groups excluding carboxylic acids is 1. The van der Waals surface area contributed by atoms with Gasteiger partial charge in [-0.1, -0.05) is 0 Å². The van der Waals surface area contributed by atoms with Crippen LogP contribution in [0.5, 0.6) is 0 Å². The maximum atomic E-state index is 12.3. The molecule has 1 aliphatic heterocycles. The van der Waals surface area contributed by atoms with E-state index in [0.29, 0.717) is 19.1 Å². The quantitative estimate of drug-likeness (QED) is 0.731. The fourth-order valence-electron chi connectivity index (χ4n) is 2.28. The normalized spacial score (nSPS) is 16.6. The Morgan fingerprint density at radius 1 is 1.40 bits per heavy atom. The Labute approximate surface area is 132 Å². The van der Waals surface area contributed by atoms with E-state index in [9.17, 15) is 4.79 Å². The Bertz CT molecular complexity index is 430. The molecule has 6 heteroatoms. The second-order valence-corrected chi connectivity index (χ2v) is 7.37. The van der Waals surface area contributed by atoms with Crippen molar-refractivity contribution in [1.82, 2.24) is 4.90 Å². The largest absolute Gasteiger partial charge is 0.382 e. The van der Waals surface area contributed by atoms with Gasteiger partial charge in [0.1, 0.15) is 0 Å². The monoisotopic (exact) mass is 361 g/mol. The molecule has 0 unspecified atom stereocenters. The van der Waals surface area contributed by atoms with Crippen LogP contribution in [0.3, 0.4) is 0 Å². The summed E-state index contributed by atoms with van der Waals surface area (Å²) >= 11 is 4.89. The van der Waals surface area contributed by atoms with Gasteiger partial charge in [-0.3, -0.25) is 4.79 Å². The van der Waals surface area contributed by atoms with Crippen LogP contribution in [-0.2, 0) is 9.47 Å². The van der Waals surface area contributed by atoms with Gasteiger partial charge >= 0.3 is 0 Å². The number of nitrogens with zero attached hydrogens (tertiary/aromatic N) is 1. The van der Waals surface area contributed by atoms with Gasteiger partial charge in [0.05, 0.1) is 21.9 Å². The molecule has 0 aromatic carbocycles. The van der Waals surface area contributed by atoms with E-state index in [1.54, 1.807) is 7.11 Å². The topological polar surface area (TPSA) is 38.8 Å². The summed E-state index contributed by atoms with van der Waals surface area (Å²) in [5.74, 6) is 0.713. The van der Waals surface area contributed by atoms with Crippen LogP contribution < -0.4 is 0 Å². The van der Waals surface area contributed by atoms with Gasteiger partial charge in [0.15, 0.2) is 0 Å². The standard InChI is InChI=1S/C14H20BrNO3S/c1-18-8-9-19-10-11-4-6-16(7-5-11)14(17)12-2-3-13(15)20-12/h2-3,11H,4-10H2,1H3. The molecule has 0 bridgehead atoms. The summed E-state index contributed by atoms with van der Waals surface area (Å²) in [6.45, 7) is 3.72. The highest BCUT2D eigenvalue weighted by Gasteiger charge is 2.24. The van der Waals surface area contributed by atoms with E-state index in [-0.39, 0.29) is 5.91 Å². The fourth-order valence-corrected chi connectivity index (χ4v) is 3.63. The van der Waals surface area contributed by atoms with Gasteiger partial charge in [0.2, 0.25) is 0 Å². The summed E-state index contributed by atoms with van der Waals surface area (Å²) in [4.78, 5) is 15.0. The SMILES string of the molecule is COCCOCC1CCN(C(=O)c2ccc(Br)s2)CC1. The minimum Gasteiger partial charge on any atom is -0.382 e. The summed E-state index contributed by atoms with van der Waals surface area (Å²) < 4.78 is 11.5. The third kappa shape index (κ3) is 4.55. The van der Waals surface area contributed by atoms with E-state index < -0.39 is 0 Å². The summed E-state index contributed by atoms with van der Waals surface area (Å²) in [5.41, 5.74) is 0. The zero-order chi connectivity index (χ0) is 14.4. The van der Waals surface area contributed by atoms with Crippen LogP contribution in [0, 0.1) is 5.92 Å². The van der Waals surface area contributed by atoms with Crippen molar-refractivity contribution in [2.45, 2.75) is 12.8 Å². The zero-order valence-corrected chi connectivity index (χ0v) is 14.0. The van der Waals surface area contributed by atoms with Crippen LogP contribution in [0.2, 0.25) is 0 Å². The number of rotatable bonds is 6. The molecule has 4 nitrogen and oxygen atoms in total. The summed E-state index contributed by atoms with van der Waals surface area (Å²) in [5, 5.41) is 0. The molecule has 0 radical (unpaired) electrons. The number of amides is 1. The molecule has 0 saturated carbocycles. The molecule has 2 rings (SSSR count). The first-order valence-electron chi connectivity index (χ1n) is 6.82. The number of hydrogen-bond donors (Lipinski definition) is 0. The van der Waals surface area contributed by atoms with Crippen LogP contribution in [0.15, 0.2) is 15.9 Å². The molecule has 1 saturated heterocycles. The third-order valence-corrected chi connectivity index (χ3v) is 5.08. The minimum absolute atomic E-state index is 0.152. The molecule has 1 aliphatic rings. The molecule has 0 aliphatic carbocycles. The number of methoxy groups -OCH3 is 1. The molecule has 1 fully saturated rings. The highest BCUT2D eigenvalue weighted by atomic mass is 79.9. The van der Waals surface area contributed by atoms with E-state index in [2.05, 4.69) is 15.9 Å². The van der Waals surface area contributed by atoms with Gasteiger partial charge in [-0.05, 0) is 46.8 Å². The van der Waals surface area contributed by atoms with Crippen LogP contribution in [0.25, 0.3) is 0 Å². The smallest absolute Gasteiger partial charge is 0.263 e. The number of ether oxygens (including phenoxy) is 2. The Morgan fingerprint density at radius 3 is 2.75 bits per heavy atom. The van der Waals surface area contributed by atoms with E-state index in [0.717, 1.165) is 41.2 Å². The Kier molecular flexibility index (Phi) is 6.48. The summed E-state index contributed by atoms with van der Waals surface area (Å²) in [6, 6.07) is 3.81. The molecule has 0 spiro atoms. The second kappa shape index (κ2) is 8.12. The number of carbonyl (C=O) groups is 1. The first-order valence-corrected chi connectivity index (χ1v) is 8.43. The van der Waals surface area contributed by atoms with E-state index >= 15 is 0 Å². The van der Waals surface area contributed by atoms with Crippen LogP contribution in [-0.4, -0.2) is 50.8 Å². The van der Waals surface area contributed by atoms with Crippen molar-refractivity contribution < 1.29 is 14.3 Å². The van der Waals surface area contributed by atoms with Crippen LogP contribution in [0.4, 0.5) is 0 Å². The van der Waals surface area contributed by atoms with Crippen LogP contribution >= 0.6 is 27.3 Å². The van der Waals surface area contributed by atoms with Gasteiger partial charge in [0.25, 0.3) is 5.91 Å². The fraction of sp³-hybridized carbons (Fsp3) is 0.643. The van der Waals surface area contributed by atoms with Crippen molar-refractivity contribution in [3.05, 3.63) is 20.8 Å². The van der Waals surface area contributed by atoms with Crippen molar-refractivity contribution in [2.75, 3.05) is 40.0 Å². The van der Waals surface area contributed by atoms with Crippen LogP contribution in [0.1, 0.15) is 22.5 Å². The number of thiophene rings is 1. The van der Waals surface area contributed by atoms with Crippen molar-refractivity contribution in [2.24, 2.45) is 5.92 Å². The van der Waals surface area contributed by atoms with Gasteiger partial charge in [-0.25, -0.2) is 0 Å². The lowest BCUT2D eigenvalue weighted by atomic mass is 9.98. The van der Waals surface area contributed by atoms with Crippen molar-refractivity contribution >= 4 is 33.2 Å². The molecule has 2 heterocycles. The number of halogens is 1. The van der Waals surface area contributed by atoms with Gasteiger partial charge in [0, 0.05) is 26.8 Å². The van der Waals surface area contributed by atoms with Gasteiger partial charge in [-0.2, -0.15) is 0 Å². The average Bonchev–Trinajstić information content (AvgIpc) is 2.90. The molecule has 0 N–H and O–H groups in total. The maximum absolute atomic E-state index is 12.3. The number of likely N-dealkylation sites (tertiary alicyclic amines) is 1. The number of piperidine rings is 1. The van der Waals surface area contributed by atoms with Crippen molar-refractivity contribution in [1.29, 1.82) is 0 Å². The van der Waals surface area contributed by atoms with Crippen molar-refractivity contribution in [3.63, 3.8) is 0 Å². The lowest BCUT2D eigenvalue weighted by Gasteiger charge is -2.31. The second-order valence-electron chi connectivity index (χ2n) is 4.91.